The fourth-order valence-corrected chi connectivity index (χ4v) is 2.22. The van der Waals surface area contributed by atoms with Crippen LogP contribution in [-0.2, 0) is 11.3 Å². The van der Waals surface area contributed by atoms with E-state index in [1.54, 1.807) is 12.3 Å². The van der Waals surface area contributed by atoms with Crippen molar-refractivity contribution in [1.82, 2.24) is 25.2 Å². The van der Waals surface area contributed by atoms with Gasteiger partial charge in [-0.3, -0.25) is 9.48 Å². The number of aromatic nitrogens is 3. The third-order valence-corrected chi connectivity index (χ3v) is 3.24. The lowest BCUT2D eigenvalue weighted by molar-refractivity contribution is -0.118. The minimum absolute atomic E-state index is 0.00561. The summed E-state index contributed by atoms with van der Waals surface area (Å²) in [4.78, 5) is 13.6. The zero-order valence-electron chi connectivity index (χ0n) is 11.5. The van der Waals surface area contributed by atoms with Crippen molar-refractivity contribution in [2.24, 2.45) is 5.92 Å². The highest BCUT2D eigenvalue weighted by atomic mass is 16.1. The molecule has 0 spiro atoms. The average Bonchev–Trinajstić information content (AvgIpc) is 2.78. The van der Waals surface area contributed by atoms with Gasteiger partial charge in [0, 0.05) is 31.4 Å². The standard InChI is InChI=1S/C13H21N5O/c1-17(2)6-3-4-13(19)15-12-8-11(9-12)10-18-7-5-14-16-18/h3-5,7,11-12H,6,8-10H2,1-2H3,(H,15,19)/b4-3+. The van der Waals surface area contributed by atoms with Gasteiger partial charge in [-0.2, -0.15) is 0 Å². The second kappa shape index (κ2) is 6.47. The Hall–Kier alpha value is -1.69. The van der Waals surface area contributed by atoms with Crippen molar-refractivity contribution >= 4 is 5.91 Å². The third-order valence-electron chi connectivity index (χ3n) is 3.24. The predicted molar refractivity (Wildman–Crippen MR) is 72.4 cm³/mol. The van der Waals surface area contributed by atoms with Crippen molar-refractivity contribution in [3.63, 3.8) is 0 Å². The Labute approximate surface area is 113 Å². The molecular weight excluding hydrogens is 242 g/mol. The number of likely N-dealkylation sites (N-methyl/N-ethyl adjacent to an activating group) is 1. The third kappa shape index (κ3) is 4.48. The Morgan fingerprint density at radius 2 is 2.32 bits per heavy atom. The smallest absolute Gasteiger partial charge is 0.243 e. The van der Waals surface area contributed by atoms with Crippen molar-refractivity contribution in [2.75, 3.05) is 20.6 Å². The second-order valence-corrected chi connectivity index (χ2v) is 5.33. The summed E-state index contributed by atoms with van der Waals surface area (Å²) in [5.74, 6) is 0.601. The SMILES string of the molecule is CN(C)C/C=C/C(=O)NC1CC(Cn2ccnn2)C1. The van der Waals surface area contributed by atoms with E-state index < -0.39 is 0 Å². The number of rotatable bonds is 6. The largest absolute Gasteiger partial charge is 0.350 e. The molecule has 1 amide bonds. The molecule has 0 radical (unpaired) electrons. The topological polar surface area (TPSA) is 63.1 Å². The molecule has 1 aliphatic carbocycles. The van der Waals surface area contributed by atoms with Crippen molar-refractivity contribution in [3.05, 3.63) is 24.5 Å². The number of hydrogen-bond acceptors (Lipinski definition) is 4. The Bertz CT molecular complexity index is 420. The van der Waals surface area contributed by atoms with Crippen molar-refractivity contribution in [2.45, 2.75) is 25.4 Å². The van der Waals surface area contributed by atoms with Gasteiger partial charge in [-0.05, 0) is 32.9 Å². The second-order valence-electron chi connectivity index (χ2n) is 5.33. The first-order valence-corrected chi connectivity index (χ1v) is 6.59. The Balaban J connectivity index is 1.62. The molecule has 104 valence electrons. The molecule has 0 saturated heterocycles. The first-order chi connectivity index (χ1) is 9.13. The van der Waals surface area contributed by atoms with E-state index in [1.165, 1.54) is 0 Å². The van der Waals surface area contributed by atoms with Crippen LogP contribution in [0.3, 0.4) is 0 Å². The van der Waals surface area contributed by atoms with E-state index >= 15 is 0 Å². The van der Waals surface area contributed by atoms with E-state index in [2.05, 4.69) is 15.6 Å². The van der Waals surface area contributed by atoms with Crippen molar-refractivity contribution < 1.29 is 4.79 Å². The van der Waals surface area contributed by atoms with Gasteiger partial charge in [0.15, 0.2) is 0 Å². The Morgan fingerprint density at radius 1 is 1.53 bits per heavy atom. The monoisotopic (exact) mass is 263 g/mol. The highest BCUT2D eigenvalue weighted by Crippen LogP contribution is 2.28. The summed E-state index contributed by atoms with van der Waals surface area (Å²) in [5.41, 5.74) is 0. The number of nitrogens with one attached hydrogen (secondary N) is 1. The summed E-state index contributed by atoms with van der Waals surface area (Å²) in [5, 5.41) is 10.7. The molecule has 6 heteroatoms. The summed E-state index contributed by atoms with van der Waals surface area (Å²) >= 11 is 0. The lowest BCUT2D eigenvalue weighted by Gasteiger charge is -2.35. The molecule has 1 saturated carbocycles. The fourth-order valence-electron chi connectivity index (χ4n) is 2.22. The first kappa shape index (κ1) is 13.7. The van der Waals surface area contributed by atoms with Crippen LogP contribution < -0.4 is 5.32 Å². The molecule has 0 aromatic carbocycles. The van der Waals surface area contributed by atoms with Crippen LogP contribution in [0.2, 0.25) is 0 Å². The van der Waals surface area contributed by atoms with Crippen LogP contribution in [0.25, 0.3) is 0 Å². The summed E-state index contributed by atoms with van der Waals surface area (Å²) < 4.78 is 1.85. The lowest BCUT2D eigenvalue weighted by atomic mass is 9.80. The molecule has 6 nitrogen and oxygen atoms in total. The lowest BCUT2D eigenvalue weighted by Crippen LogP contribution is -2.45. The summed E-state index contributed by atoms with van der Waals surface area (Å²) in [7, 11) is 3.95. The first-order valence-electron chi connectivity index (χ1n) is 6.59. The molecule has 0 bridgehead atoms. The number of hydrogen-bond donors (Lipinski definition) is 1. The molecule has 1 fully saturated rings. The molecule has 2 rings (SSSR count). The molecule has 0 aliphatic heterocycles. The number of nitrogens with zero attached hydrogens (tertiary/aromatic N) is 4. The van der Waals surface area contributed by atoms with Gasteiger partial charge in [-0.25, -0.2) is 0 Å². The Morgan fingerprint density at radius 3 is 2.95 bits per heavy atom. The van der Waals surface area contributed by atoms with E-state index in [9.17, 15) is 4.79 Å². The van der Waals surface area contributed by atoms with Gasteiger partial charge < -0.3 is 10.2 Å². The minimum atomic E-state index is 0.00561. The van der Waals surface area contributed by atoms with Gasteiger partial charge in [-0.15, -0.1) is 5.10 Å². The van der Waals surface area contributed by atoms with E-state index in [0.29, 0.717) is 12.0 Å². The zero-order chi connectivity index (χ0) is 13.7. The van der Waals surface area contributed by atoms with Gasteiger partial charge in [-0.1, -0.05) is 11.3 Å². The quantitative estimate of drug-likeness (QED) is 0.749. The highest BCUT2D eigenvalue weighted by Gasteiger charge is 2.30. The maximum absolute atomic E-state index is 11.6. The van der Waals surface area contributed by atoms with Crippen LogP contribution in [0.15, 0.2) is 24.5 Å². The van der Waals surface area contributed by atoms with E-state index in [4.69, 9.17) is 0 Å². The van der Waals surface area contributed by atoms with Crippen LogP contribution in [0, 0.1) is 5.92 Å². The molecule has 1 aliphatic rings. The number of carbonyl (C=O) groups is 1. The molecule has 19 heavy (non-hydrogen) atoms. The predicted octanol–water partition coefficient (Wildman–Crippen LogP) is 0.291. The van der Waals surface area contributed by atoms with Crippen LogP contribution in [-0.4, -0.2) is 52.5 Å². The zero-order valence-corrected chi connectivity index (χ0v) is 11.5. The molecule has 1 aromatic heterocycles. The van der Waals surface area contributed by atoms with Gasteiger partial charge in [0.1, 0.15) is 0 Å². The summed E-state index contributed by atoms with van der Waals surface area (Å²) in [6, 6.07) is 0.310. The number of amides is 1. The van der Waals surface area contributed by atoms with Crippen LogP contribution in [0.1, 0.15) is 12.8 Å². The van der Waals surface area contributed by atoms with Crippen molar-refractivity contribution in [3.8, 4) is 0 Å². The normalized spacial score (nSPS) is 22.7. The van der Waals surface area contributed by atoms with Gasteiger partial charge in [0.05, 0.1) is 6.20 Å². The summed E-state index contributed by atoms with van der Waals surface area (Å²) in [6.45, 7) is 1.68. The van der Waals surface area contributed by atoms with Crippen LogP contribution >= 0.6 is 0 Å². The molecule has 1 N–H and O–H groups in total. The Kier molecular flexibility index (Phi) is 4.68. The molecular formula is C13H21N5O. The fraction of sp³-hybridized carbons (Fsp3) is 0.615. The molecule has 0 atom stereocenters. The van der Waals surface area contributed by atoms with E-state index in [0.717, 1.165) is 25.9 Å². The van der Waals surface area contributed by atoms with Gasteiger partial charge in [0.2, 0.25) is 5.91 Å². The van der Waals surface area contributed by atoms with Crippen LogP contribution in [0.4, 0.5) is 0 Å². The van der Waals surface area contributed by atoms with Crippen molar-refractivity contribution in [1.29, 1.82) is 0 Å². The van der Waals surface area contributed by atoms with E-state index in [-0.39, 0.29) is 5.91 Å². The summed E-state index contributed by atoms with van der Waals surface area (Å²) in [6.07, 6.45) is 9.09. The molecule has 1 heterocycles. The van der Waals surface area contributed by atoms with E-state index in [1.807, 2.05) is 35.9 Å². The van der Waals surface area contributed by atoms with Gasteiger partial charge in [0.25, 0.3) is 0 Å². The maximum Gasteiger partial charge on any atom is 0.243 e. The minimum Gasteiger partial charge on any atom is -0.350 e. The number of carbonyl (C=O) groups excluding carboxylic acids is 1. The highest BCUT2D eigenvalue weighted by molar-refractivity contribution is 5.87. The molecule has 0 unspecified atom stereocenters. The molecule has 1 aromatic rings. The van der Waals surface area contributed by atoms with Gasteiger partial charge >= 0.3 is 0 Å². The average molecular weight is 263 g/mol. The van der Waals surface area contributed by atoms with Crippen LogP contribution in [0.5, 0.6) is 0 Å². The maximum atomic E-state index is 11.6.